The molecule has 0 bridgehead atoms. The van der Waals surface area contributed by atoms with Crippen molar-refractivity contribution in [2.45, 2.75) is 0 Å². The summed E-state index contributed by atoms with van der Waals surface area (Å²) in [5.74, 6) is -0.714. The molecule has 0 radical (unpaired) electrons. The van der Waals surface area contributed by atoms with E-state index < -0.39 is 11.8 Å². The quantitative estimate of drug-likeness (QED) is 0.455. The summed E-state index contributed by atoms with van der Waals surface area (Å²) < 4.78 is 0. The van der Waals surface area contributed by atoms with E-state index in [1.165, 1.54) is 7.05 Å². The van der Waals surface area contributed by atoms with Crippen molar-refractivity contribution in [3.05, 3.63) is 42.5 Å². The summed E-state index contributed by atoms with van der Waals surface area (Å²) in [4.78, 5) is 29.9. The maximum atomic E-state index is 11.9. The first-order chi connectivity index (χ1) is 8.52. The van der Waals surface area contributed by atoms with Crippen molar-refractivity contribution in [2.24, 2.45) is 0 Å². The lowest BCUT2D eigenvalue weighted by Gasteiger charge is -2.32. The molecule has 1 fully saturated rings. The molecule has 0 aromatic heterocycles. The lowest BCUT2D eigenvalue weighted by atomic mass is 10.2. The van der Waals surface area contributed by atoms with Gasteiger partial charge in [0.1, 0.15) is 5.57 Å². The van der Waals surface area contributed by atoms with E-state index in [-0.39, 0.29) is 10.7 Å². The highest BCUT2D eigenvalue weighted by molar-refractivity contribution is 7.80. The van der Waals surface area contributed by atoms with Gasteiger partial charge in [0.2, 0.25) is 5.11 Å². The Morgan fingerprint density at radius 2 is 1.78 bits per heavy atom. The van der Waals surface area contributed by atoms with Crippen LogP contribution in [0.4, 0.5) is 0 Å². The van der Waals surface area contributed by atoms with Crippen molar-refractivity contribution in [2.75, 3.05) is 7.05 Å². The SMILES string of the molecule is C=C1C(=O)N(C)C(=S)N(Oc2ccccc2)C1=O. The Balaban J connectivity index is 2.27. The maximum Gasteiger partial charge on any atom is 0.298 e. The first kappa shape index (κ1) is 12.3. The molecule has 2 rings (SSSR count). The molecule has 1 heterocycles. The first-order valence-electron chi connectivity index (χ1n) is 5.10. The zero-order chi connectivity index (χ0) is 13.3. The molecule has 6 heteroatoms. The number of rotatable bonds is 2. The van der Waals surface area contributed by atoms with Crippen LogP contribution in [0.25, 0.3) is 0 Å². The van der Waals surface area contributed by atoms with Crippen LogP contribution in [0.2, 0.25) is 0 Å². The lowest BCUT2D eigenvalue weighted by Crippen LogP contribution is -2.55. The third-order valence-electron chi connectivity index (χ3n) is 2.41. The molecule has 0 atom stereocenters. The fourth-order valence-electron chi connectivity index (χ4n) is 1.39. The molecule has 0 saturated carbocycles. The number of nitrogens with zero attached hydrogens (tertiary/aromatic N) is 2. The minimum Gasteiger partial charge on any atom is -0.369 e. The molecule has 1 aromatic carbocycles. The molecule has 1 saturated heterocycles. The van der Waals surface area contributed by atoms with Crippen LogP contribution in [0.15, 0.2) is 42.5 Å². The summed E-state index contributed by atoms with van der Waals surface area (Å²) >= 11 is 5.00. The van der Waals surface area contributed by atoms with Crippen molar-refractivity contribution < 1.29 is 14.4 Å². The van der Waals surface area contributed by atoms with E-state index in [1.807, 2.05) is 6.07 Å². The number of benzene rings is 1. The Kier molecular flexibility index (Phi) is 3.12. The van der Waals surface area contributed by atoms with E-state index in [2.05, 4.69) is 6.58 Å². The monoisotopic (exact) mass is 262 g/mol. The summed E-state index contributed by atoms with van der Waals surface area (Å²) in [6.45, 7) is 3.43. The highest BCUT2D eigenvalue weighted by atomic mass is 32.1. The van der Waals surface area contributed by atoms with E-state index in [0.717, 1.165) is 9.96 Å². The molecule has 0 spiro atoms. The van der Waals surface area contributed by atoms with Gasteiger partial charge in [0.05, 0.1) is 0 Å². The van der Waals surface area contributed by atoms with Gasteiger partial charge in [-0.1, -0.05) is 24.8 Å². The Hall–Kier alpha value is -2.21. The third-order valence-corrected chi connectivity index (χ3v) is 2.85. The third kappa shape index (κ3) is 1.98. The number of hydrogen-bond donors (Lipinski definition) is 0. The fourth-order valence-corrected chi connectivity index (χ4v) is 1.60. The van der Waals surface area contributed by atoms with Crippen molar-refractivity contribution in [3.8, 4) is 5.75 Å². The highest BCUT2D eigenvalue weighted by Crippen LogP contribution is 2.18. The van der Waals surface area contributed by atoms with E-state index in [0.29, 0.717) is 5.75 Å². The second-order valence-corrected chi connectivity index (χ2v) is 3.99. The topological polar surface area (TPSA) is 49.9 Å². The van der Waals surface area contributed by atoms with E-state index >= 15 is 0 Å². The summed E-state index contributed by atoms with van der Waals surface area (Å²) in [5.41, 5.74) is -0.179. The first-order valence-corrected chi connectivity index (χ1v) is 5.51. The number of likely N-dealkylation sites (N-methyl/N-ethyl adjacent to an activating group) is 1. The van der Waals surface area contributed by atoms with Gasteiger partial charge in [-0.05, 0) is 24.4 Å². The second kappa shape index (κ2) is 4.58. The van der Waals surface area contributed by atoms with E-state index in [1.54, 1.807) is 24.3 Å². The zero-order valence-corrected chi connectivity index (χ0v) is 10.4. The molecule has 5 nitrogen and oxygen atoms in total. The molecule has 0 unspecified atom stereocenters. The Morgan fingerprint density at radius 3 is 2.39 bits per heavy atom. The van der Waals surface area contributed by atoms with Crippen LogP contribution in [-0.4, -0.2) is 33.9 Å². The predicted octanol–water partition coefficient (Wildman–Crippen LogP) is 1.12. The minimum absolute atomic E-state index is 0.0127. The predicted molar refractivity (Wildman–Crippen MR) is 68.4 cm³/mol. The second-order valence-electron chi connectivity index (χ2n) is 3.63. The number of carbonyl (C=O) groups is 2. The Labute approximate surface area is 109 Å². The van der Waals surface area contributed by atoms with Gasteiger partial charge in [-0.25, -0.2) is 0 Å². The summed E-state index contributed by atoms with van der Waals surface area (Å²) in [6, 6.07) is 8.69. The van der Waals surface area contributed by atoms with Gasteiger partial charge in [0.25, 0.3) is 11.8 Å². The van der Waals surface area contributed by atoms with Crippen molar-refractivity contribution in [3.63, 3.8) is 0 Å². The average Bonchev–Trinajstić information content (AvgIpc) is 2.40. The summed E-state index contributed by atoms with van der Waals surface area (Å²) in [5, 5.41) is 0.871. The zero-order valence-electron chi connectivity index (χ0n) is 9.62. The Bertz CT molecular complexity index is 542. The summed E-state index contributed by atoms with van der Waals surface area (Å²) in [6.07, 6.45) is 0. The van der Waals surface area contributed by atoms with Crippen LogP contribution in [0.1, 0.15) is 0 Å². The van der Waals surface area contributed by atoms with Crippen molar-refractivity contribution >= 4 is 29.1 Å². The number of thiocarbonyl (C=S) groups is 1. The van der Waals surface area contributed by atoms with Gasteiger partial charge in [0.15, 0.2) is 5.75 Å². The number of para-hydroxylation sites is 1. The highest BCUT2D eigenvalue weighted by Gasteiger charge is 2.38. The van der Waals surface area contributed by atoms with Crippen LogP contribution in [-0.2, 0) is 9.59 Å². The molecule has 0 N–H and O–H groups in total. The molecule has 1 aliphatic heterocycles. The number of hydroxylamine groups is 2. The van der Waals surface area contributed by atoms with Crippen LogP contribution in [0.5, 0.6) is 5.75 Å². The van der Waals surface area contributed by atoms with Gasteiger partial charge in [0, 0.05) is 7.05 Å². The molecule has 1 aliphatic rings. The molecule has 92 valence electrons. The molecule has 18 heavy (non-hydrogen) atoms. The molecular weight excluding hydrogens is 252 g/mol. The number of amides is 2. The van der Waals surface area contributed by atoms with Crippen LogP contribution in [0.3, 0.4) is 0 Å². The average molecular weight is 262 g/mol. The lowest BCUT2D eigenvalue weighted by molar-refractivity contribution is -0.147. The Morgan fingerprint density at radius 1 is 1.17 bits per heavy atom. The van der Waals surface area contributed by atoms with E-state index in [4.69, 9.17) is 17.1 Å². The van der Waals surface area contributed by atoms with Gasteiger partial charge in [-0.15, -0.1) is 5.06 Å². The summed E-state index contributed by atoms with van der Waals surface area (Å²) in [7, 11) is 1.46. The molecule has 0 aliphatic carbocycles. The number of carbonyl (C=O) groups excluding carboxylic acids is 2. The van der Waals surface area contributed by atoms with E-state index in [9.17, 15) is 9.59 Å². The van der Waals surface area contributed by atoms with Gasteiger partial charge in [-0.2, -0.15) is 0 Å². The molecule has 1 aromatic rings. The molecule has 2 amide bonds. The van der Waals surface area contributed by atoms with Gasteiger partial charge in [-0.3, -0.25) is 14.5 Å². The fraction of sp³-hybridized carbons (Fsp3) is 0.0833. The smallest absolute Gasteiger partial charge is 0.298 e. The van der Waals surface area contributed by atoms with Gasteiger partial charge < -0.3 is 4.84 Å². The van der Waals surface area contributed by atoms with Crippen molar-refractivity contribution in [1.82, 2.24) is 9.96 Å². The van der Waals surface area contributed by atoms with Crippen LogP contribution < -0.4 is 4.84 Å². The minimum atomic E-state index is -0.646. The van der Waals surface area contributed by atoms with Crippen LogP contribution in [0, 0.1) is 0 Å². The largest absolute Gasteiger partial charge is 0.369 e. The molecular formula is C12H10N2O3S. The van der Waals surface area contributed by atoms with Crippen LogP contribution >= 0.6 is 12.2 Å². The maximum absolute atomic E-state index is 11.9. The standard InChI is InChI=1S/C12H10N2O3S/c1-8-10(15)13(2)12(18)14(11(8)16)17-9-6-4-3-5-7-9/h3-7H,1H2,2H3. The normalized spacial score (nSPS) is 16.3. The number of hydrogen-bond acceptors (Lipinski definition) is 4. The van der Waals surface area contributed by atoms with Crippen molar-refractivity contribution in [1.29, 1.82) is 0 Å². The van der Waals surface area contributed by atoms with Gasteiger partial charge >= 0.3 is 0 Å².